The molecule has 2 aliphatic carbocycles. The van der Waals surface area contributed by atoms with Crippen LogP contribution in [-0.4, -0.2) is 22.5 Å². The van der Waals surface area contributed by atoms with Gasteiger partial charge < -0.3 is 15.7 Å². The molecule has 0 radical (unpaired) electrons. The maximum Gasteiger partial charge on any atom is 0.339 e. The van der Waals surface area contributed by atoms with Gasteiger partial charge in [0.05, 0.1) is 5.57 Å². The van der Waals surface area contributed by atoms with E-state index in [2.05, 4.69) is 20.5 Å². The highest BCUT2D eigenvalue weighted by Gasteiger charge is 2.17. The van der Waals surface area contributed by atoms with Crippen LogP contribution in [0.2, 0.25) is 0 Å². The second kappa shape index (κ2) is 7.33. The summed E-state index contributed by atoms with van der Waals surface area (Å²) in [4.78, 5) is 11.3. The molecule has 0 heterocycles. The molecule has 8 heteroatoms. The largest absolute Gasteiger partial charge is 0.478 e. The Hall–Kier alpha value is -3.73. The number of aliphatic carboxylic acids is 1. The van der Waals surface area contributed by atoms with E-state index in [1.807, 2.05) is 0 Å². The van der Waals surface area contributed by atoms with E-state index in [4.69, 9.17) is 10.9 Å². The molecule has 0 saturated heterocycles. The second-order valence-corrected chi connectivity index (χ2v) is 4.38. The summed E-state index contributed by atoms with van der Waals surface area (Å²) in [5.74, 6) is -1.11. The Kier molecular flexibility index (Phi) is 4.99. The zero-order valence-electron chi connectivity index (χ0n) is 11.7. The minimum absolute atomic E-state index is 0.0388. The molecule has 8 nitrogen and oxygen atoms in total. The van der Waals surface area contributed by atoms with Crippen molar-refractivity contribution in [3.05, 3.63) is 82.0 Å². The van der Waals surface area contributed by atoms with Gasteiger partial charge in [0.15, 0.2) is 10.8 Å². The van der Waals surface area contributed by atoms with Crippen LogP contribution in [0.4, 0.5) is 0 Å². The third kappa shape index (κ3) is 4.12. The van der Waals surface area contributed by atoms with Crippen molar-refractivity contribution in [2.45, 2.75) is 0 Å². The molecule has 0 unspecified atom stereocenters. The zero-order chi connectivity index (χ0) is 16.7. The summed E-state index contributed by atoms with van der Waals surface area (Å²) in [6, 6.07) is 0. The summed E-state index contributed by atoms with van der Waals surface area (Å²) in [6.45, 7) is 0. The van der Waals surface area contributed by atoms with Crippen molar-refractivity contribution in [1.82, 2.24) is 0 Å². The summed E-state index contributed by atoms with van der Waals surface area (Å²) in [5.41, 5.74) is 10.4. The van der Waals surface area contributed by atoms with Crippen LogP contribution in [0.1, 0.15) is 0 Å². The Morgan fingerprint density at radius 3 is 2.43 bits per heavy atom. The van der Waals surface area contributed by atoms with Crippen LogP contribution >= 0.6 is 0 Å². The first-order valence-corrected chi connectivity index (χ1v) is 6.40. The van der Waals surface area contributed by atoms with Gasteiger partial charge in [-0.1, -0.05) is 42.5 Å². The molecule has 0 fully saturated rings. The zero-order valence-corrected chi connectivity index (χ0v) is 11.7. The van der Waals surface area contributed by atoms with Crippen LogP contribution in [0.5, 0.6) is 0 Å². The van der Waals surface area contributed by atoms with Crippen molar-refractivity contribution in [2.24, 2.45) is 15.4 Å². The lowest BCUT2D eigenvalue weighted by molar-refractivity contribution is -0.132. The lowest BCUT2D eigenvalue weighted by atomic mass is 9.97. The van der Waals surface area contributed by atoms with Crippen molar-refractivity contribution in [2.75, 3.05) is 0 Å². The number of hydrogen-bond donors (Lipinski definition) is 1. The average molecular weight is 306 g/mol. The number of carboxylic acid groups (broad SMARTS) is 1. The van der Waals surface area contributed by atoms with E-state index < -0.39 is 5.97 Å². The van der Waals surface area contributed by atoms with Gasteiger partial charge in [-0.05, 0) is 29.0 Å². The Morgan fingerprint density at radius 1 is 1.13 bits per heavy atom. The summed E-state index contributed by atoms with van der Waals surface area (Å²) in [5, 5.41) is 29.8. The van der Waals surface area contributed by atoms with Gasteiger partial charge in [0.25, 0.3) is 5.39 Å². The maximum absolute atomic E-state index is 11.3. The molecule has 0 spiro atoms. The van der Waals surface area contributed by atoms with Crippen LogP contribution in [0.15, 0.2) is 86.8 Å². The normalized spacial score (nSPS) is 19.5. The second-order valence-electron chi connectivity index (χ2n) is 4.38. The average Bonchev–Trinajstić information content (AvgIpc) is 2.55. The molecule has 2 rings (SSSR count). The first-order chi connectivity index (χ1) is 11.1. The predicted molar refractivity (Wildman–Crippen MR) is 85.0 cm³/mol. The number of rotatable bonds is 3. The highest BCUT2D eigenvalue weighted by molar-refractivity contribution is 6.12. The third-order valence-electron chi connectivity index (χ3n) is 2.94. The van der Waals surface area contributed by atoms with Crippen molar-refractivity contribution >= 4 is 17.4 Å². The van der Waals surface area contributed by atoms with Crippen molar-refractivity contribution in [3.8, 4) is 0 Å². The molecule has 0 aliphatic heterocycles. The maximum atomic E-state index is 11.3. The lowest BCUT2D eigenvalue weighted by Gasteiger charge is -2.08. The van der Waals surface area contributed by atoms with Gasteiger partial charge in [-0.2, -0.15) is 0 Å². The quantitative estimate of drug-likeness (QED) is 0.489. The fourth-order valence-corrected chi connectivity index (χ4v) is 1.88. The van der Waals surface area contributed by atoms with E-state index in [1.165, 1.54) is 12.2 Å². The summed E-state index contributed by atoms with van der Waals surface area (Å²) < 4.78 is 0. The molecule has 0 aromatic rings. The van der Waals surface area contributed by atoms with E-state index in [-0.39, 0.29) is 11.3 Å². The molecular formula is C15H10N6O2. The van der Waals surface area contributed by atoms with Gasteiger partial charge in [0.1, 0.15) is 0 Å². The third-order valence-corrected chi connectivity index (χ3v) is 2.94. The fraction of sp³-hybridized carbons (Fsp3) is 0. The topological polar surface area (TPSA) is 125 Å². The van der Waals surface area contributed by atoms with Crippen molar-refractivity contribution < 1.29 is 9.90 Å². The van der Waals surface area contributed by atoms with Gasteiger partial charge in [-0.25, -0.2) is 4.79 Å². The van der Waals surface area contributed by atoms with E-state index in [0.29, 0.717) is 11.3 Å². The molecule has 0 amide bonds. The van der Waals surface area contributed by atoms with Crippen molar-refractivity contribution in [1.29, 1.82) is 5.39 Å². The number of diazo groups is 1. The van der Waals surface area contributed by atoms with Crippen LogP contribution in [0.3, 0.4) is 0 Å². The monoisotopic (exact) mass is 306 g/mol. The summed E-state index contributed by atoms with van der Waals surface area (Å²) >= 11 is 0. The molecular weight excluding hydrogens is 296 g/mol. The van der Waals surface area contributed by atoms with Crippen LogP contribution < -0.4 is 0 Å². The highest BCUT2D eigenvalue weighted by Crippen LogP contribution is 2.19. The lowest BCUT2D eigenvalue weighted by Crippen LogP contribution is -2.08. The fourth-order valence-electron chi connectivity index (χ4n) is 1.88. The minimum atomic E-state index is -1.11. The Balaban J connectivity index is 2.27. The molecule has 0 aromatic carbocycles. The highest BCUT2D eigenvalue weighted by atomic mass is 16.4. The minimum Gasteiger partial charge on any atom is -0.478 e. The first kappa shape index (κ1) is 15.7. The van der Waals surface area contributed by atoms with Crippen LogP contribution in [0, 0.1) is 5.39 Å². The number of allylic oxidation sites excluding steroid dienone is 10. The standard InChI is InChI=1S/C15H10N6O2/c16-20-18-12-6-2-10(3-7-12)1-4-11-5-8-13(19-21-17)9-14(11)15(22)23/h1-9H,(H,22,23). The first-order valence-electron chi connectivity index (χ1n) is 6.40. The van der Waals surface area contributed by atoms with E-state index in [0.717, 1.165) is 5.57 Å². The van der Waals surface area contributed by atoms with Gasteiger partial charge >= 0.3 is 11.1 Å². The summed E-state index contributed by atoms with van der Waals surface area (Å²) in [7, 11) is 0. The number of carboxylic acids is 1. The smallest absolute Gasteiger partial charge is 0.339 e. The molecule has 0 atom stereocenters. The molecule has 1 N–H and O–H groups in total. The Labute approximate surface area is 131 Å². The molecule has 2 aliphatic rings. The van der Waals surface area contributed by atoms with E-state index in [1.54, 1.807) is 42.5 Å². The van der Waals surface area contributed by atoms with Gasteiger partial charge in [-0.15, -0.1) is 0 Å². The van der Waals surface area contributed by atoms with E-state index >= 15 is 0 Å². The van der Waals surface area contributed by atoms with Crippen molar-refractivity contribution in [3.63, 3.8) is 0 Å². The van der Waals surface area contributed by atoms with Gasteiger partial charge in [0, 0.05) is 0 Å². The van der Waals surface area contributed by atoms with Gasteiger partial charge in [-0.3, -0.25) is 5.22 Å². The number of nitrogens with zero attached hydrogens (tertiary/aromatic N) is 6. The van der Waals surface area contributed by atoms with Gasteiger partial charge in [0.2, 0.25) is 0 Å². The number of hydrogen-bond acceptors (Lipinski definition) is 4. The molecule has 23 heavy (non-hydrogen) atoms. The van der Waals surface area contributed by atoms with Crippen LogP contribution in [0.25, 0.3) is 10.6 Å². The number of carbonyl (C=O) groups is 1. The Bertz CT molecular complexity index is 811. The molecule has 0 aromatic heterocycles. The predicted octanol–water partition coefficient (Wildman–Crippen LogP) is 3.13. The molecule has 0 saturated carbocycles. The SMILES string of the molecule is N#[N+]N=C1C=CC(=CC=C2C=CC(=NN=[N-])C=C2)C(C(=O)O)=C1. The van der Waals surface area contributed by atoms with E-state index in [9.17, 15) is 9.90 Å². The summed E-state index contributed by atoms with van der Waals surface area (Å²) in [6.07, 6.45) is 14.6. The molecule has 0 bridgehead atoms. The molecule has 112 valence electrons. The Morgan fingerprint density at radius 2 is 1.83 bits per heavy atom. The van der Waals surface area contributed by atoms with Crippen LogP contribution in [-0.2, 0) is 4.79 Å².